The summed E-state index contributed by atoms with van der Waals surface area (Å²) >= 11 is 5.88. The fourth-order valence-corrected chi connectivity index (χ4v) is 2.06. The Morgan fingerprint density at radius 2 is 1.86 bits per heavy atom. The van der Waals surface area contributed by atoms with Gasteiger partial charge in [-0.25, -0.2) is 0 Å². The Labute approximate surface area is 133 Å². The van der Waals surface area contributed by atoms with Crippen LogP contribution >= 0.6 is 11.6 Å². The van der Waals surface area contributed by atoms with Crippen LogP contribution in [0.15, 0.2) is 48.7 Å². The van der Waals surface area contributed by atoms with Gasteiger partial charge in [0.15, 0.2) is 0 Å². The molecule has 0 atom stereocenters. The fourth-order valence-electron chi connectivity index (χ4n) is 1.85. The van der Waals surface area contributed by atoms with E-state index in [9.17, 15) is 9.59 Å². The van der Waals surface area contributed by atoms with Crippen molar-refractivity contribution in [1.29, 1.82) is 0 Å². The van der Waals surface area contributed by atoms with Gasteiger partial charge in [-0.2, -0.15) is 0 Å². The normalized spacial score (nSPS) is 10.0. The molecule has 0 saturated heterocycles. The third-order valence-electron chi connectivity index (χ3n) is 2.95. The first-order valence-corrected chi connectivity index (χ1v) is 7.23. The van der Waals surface area contributed by atoms with Crippen LogP contribution < -0.4 is 10.6 Å². The summed E-state index contributed by atoms with van der Waals surface area (Å²) in [6, 6.07) is 12.8. The lowest BCUT2D eigenvalue weighted by molar-refractivity contribution is -0.139. The zero-order valence-electron chi connectivity index (χ0n) is 11.9. The molecule has 22 heavy (non-hydrogen) atoms. The maximum Gasteiger partial charge on any atom is 0.309 e. The lowest BCUT2D eigenvalue weighted by atomic mass is 10.1. The van der Waals surface area contributed by atoms with Crippen LogP contribution in [-0.2, 0) is 22.6 Å². The highest BCUT2D eigenvalue weighted by Crippen LogP contribution is 2.10. The molecule has 114 valence electrons. The highest BCUT2D eigenvalue weighted by molar-refractivity contribution is 6.35. The molecule has 5 nitrogen and oxygen atoms in total. The van der Waals surface area contributed by atoms with Crippen LogP contribution in [0, 0.1) is 0 Å². The number of carbonyl (C=O) groups excluding carboxylic acids is 2. The molecule has 2 rings (SSSR count). The van der Waals surface area contributed by atoms with Gasteiger partial charge in [-0.05, 0) is 36.2 Å². The van der Waals surface area contributed by atoms with E-state index in [4.69, 9.17) is 11.6 Å². The first-order chi connectivity index (χ1) is 10.6. The van der Waals surface area contributed by atoms with E-state index in [2.05, 4.69) is 15.6 Å². The van der Waals surface area contributed by atoms with Crippen molar-refractivity contribution in [3.05, 3.63) is 64.9 Å². The maximum atomic E-state index is 11.7. The van der Waals surface area contributed by atoms with Crippen molar-refractivity contribution in [3.8, 4) is 0 Å². The molecule has 2 amide bonds. The zero-order chi connectivity index (χ0) is 15.8. The van der Waals surface area contributed by atoms with Crippen LogP contribution in [-0.4, -0.2) is 23.3 Å². The number of amides is 2. The summed E-state index contributed by atoms with van der Waals surface area (Å²) in [4.78, 5) is 27.4. The van der Waals surface area contributed by atoms with E-state index < -0.39 is 11.8 Å². The molecule has 0 fully saturated rings. The van der Waals surface area contributed by atoms with E-state index in [1.165, 1.54) is 0 Å². The Balaban J connectivity index is 1.71. The minimum atomic E-state index is -0.670. The quantitative estimate of drug-likeness (QED) is 0.825. The number of carbonyl (C=O) groups is 2. The molecular formula is C16H16ClN3O2. The highest BCUT2D eigenvalue weighted by Gasteiger charge is 2.12. The summed E-state index contributed by atoms with van der Waals surface area (Å²) in [7, 11) is 0. The van der Waals surface area contributed by atoms with Gasteiger partial charge in [0.05, 0.1) is 12.2 Å². The molecule has 0 bridgehead atoms. The van der Waals surface area contributed by atoms with Crippen molar-refractivity contribution in [2.75, 3.05) is 6.54 Å². The Bertz CT molecular complexity index is 647. The van der Waals surface area contributed by atoms with Gasteiger partial charge in [0.25, 0.3) is 0 Å². The Kier molecular flexibility index (Phi) is 5.91. The summed E-state index contributed by atoms with van der Waals surface area (Å²) in [6.45, 7) is 0.595. The number of benzene rings is 1. The molecule has 0 unspecified atom stereocenters. The third-order valence-corrected chi connectivity index (χ3v) is 3.19. The van der Waals surface area contributed by atoms with Crippen LogP contribution in [0.1, 0.15) is 11.3 Å². The van der Waals surface area contributed by atoms with E-state index >= 15 is 0 Å². The van der Waals surface area contributed by atoms with Gasteiger partial charge in [0.1, 0.15) is 0 Å². The summed E-state index contributed by atoms with van der Waals surface area (Å²) in [5, 5.41) is 5.74. The van der Waals surface area contributed by atoms with Crippen molar-refractivity contribution < 1.29 is 9.59 Å². The van der Waals surface area contributed by atoms with E-state index in [-0.39, 0.29) is 6.54 Å². The van der Waals surface area contributed by atoms with Crippen LogP contribution in [0.5, 0.6) is 0 Å². The van der Waals surface area contributed by atoms with Gasteiger partial charge in [-0.1, -0.05) is 29.8 Å². The molecule has 1 aromatic carbocycles. The summed E-state index contributed by atoms with van der Waals surface area (Å²) < 4.78 is 0. The number of aromatic nitrogens is 1. The number of halogens is 1. The number of pyridine rings is 1. The lowest BCUT2D eigenvalue weighted by Crippen LogP contribution is -2.40. The number of rotatable bonds is 5. The summed E-state index contributed by atoms with van der Waals surface area (Å²) in [5.41, 5.74) is 1.70. The van der Waals surface area contributed by atoms with Gasteiger partial charge in [-0.15, -0.1) is 0 Å². The number of hydrogen-bond donors (Lipinski definition) is 2. The van der Waals surface area contributed by atoms with Gasteiger partial charge in [0, 0.05) is 17.8 Å². The van der Waals surface area contributed by atoms with Gasteiger partial charge in [0.2, 0.25) is 0 Å². The second kappa shape index (κ2) is 8.14. The predicted molar refractivity (Wildman–Crippen MR) is 84.2 cm³/mol. The van der Waals surface area contributed by atoms with Crippen LogP contribution in [0.2, 0.25) is 5.02 Å². The molecule has 0 aliphatic heterocycles. The standard InChI is InChI=1S/C16H16ClN3O2/c17-13-5-3-4-12(10-13)7-9-19-15(21)16(22)20-11-14-6-1-2-8-18-14/h1-6,8,10H,7,9,11H2,(H,19,21)(H,20,22). The molecule has 0 radical (unpaired) electrons. The Morgan fingerprint density at radius 1 is 1.05 bits per heavy atom. The van der Waals surface area contributed by atoms with E-state index in [0.717, 1.165) is 5.56 Å². The van der Waals surface area contributed by atoms with Crippen molar-refractivity contribution in [3.63, 3.8) is 0 Å². The Hall–Kier alpha value is -2.40. The molecule has 0 spiro atoms. The van der Waals surface area contributed by atoms with Crippen LogP contribution in [0.3, 0.4) is 0 Å². The molecule has 0 aliphatic rings. The van der Waals surface area contributed by atoms with Gasteiger partial charge in [-0.3, -0.25) is 14.6 Å². The minimum absolute atomic E-state index is 0.224. The topological polar surface area (TPSA) is 71.1 Å². The SMILES string of the molecule is O=C(NCCc1cccc(Cl)c1)C(=O)NCc1ccccn1. The van der Waals surface area contributed by atoms with Crippen LogP contribution in [0.25, 0.3) is 0 Å². The molecule has 6 heteroatoms. The number of hydrogen-bond acceptors (Lipinski definition) is 3. The average Bonchev–Trinajstić information content (AvgIpc) is 2.53. The maximum absolute atomic E-state index is 11.7. The lowest BCUT2D eigenvalue weighted by Gasteiger charge is -2.06. The van der Waals surface area contributed by atoms with Gasteiger partial charge >= 0.3 is 11.8 Å². The second-order valence-corrected chi connectivity index (χ2v) is 5.08. The summed E-state index contributed by atoms with van der Waals surface area (Å²) in [6.07, 6.45) is 2.24. The van der Waals surface area contributed by atoms with Crippen molar-refractivity contribution in [2.24, 2.45) is 0 Å². The monoisotopic (exact) mass is 317 g/mol. The minimum Gasteiger partial charge on any atom is -0.348 e. The van der Waals surface area contributed by atoms with Gasteiger partial charge < -0.3 is 10.6 Å². The fraction of sp³-hybridized carbons (Fsp3) is 0.188. The first-order valence-electron chi connectivity index (χ1n) is 6.85. The Morgan fingerprint density at radius 3 is 2.59 bits per heavy atom. The largest absolute Gasteiger partial charge is 0.348 e. The number of nitrogens with zero attached hydrogens (tertiary/aromatic N) is 1. The smallest absolute Gasteiger partial charge is 0.309 e. The summed E-state index contributed by atoms with van der Waals surface area (Å²) in [5.74, 6) is -1.32. The predicted octanol–water partition coefficient (Wildman–Crippen LogP) is 1.71. The van der Waals surface area contributed by atoms with E-state index in [0.29, 0.717) is 23.7 Å². The first kappa shape index (κ1) is 16.0. The molecule has 0 saturated carbocycles. The molecule has 2 aromatic rings. The zero-order valence-corrected chi connectivity index (χ0v) is 12.6. The second-order valence-electron chi connectivity index (χ2n) is 4.64. The molecule has 1 heterocycles. The average molecular weight is 318 g/mol. The van der Waals surface area contributed by atoms with Crippen LogP contribution in [0.4, 0.5) is 0 Å². The molecule has 1 aromatic heterocycles. The van der Waals surface area contributed by atoms with Crippen molar-refractivity contribution >= 4 is 23.4 Å². The highest BCUT2D eigenvalue weighted by atomic mass is 35.5. The van der Waals surface area contributed by atoms with Crippen molar-refractivity contribution in [2.45, 2.75) is 13.0 Å². The molecule has 2 N–H and O–H groups in total. The van der Waals surface area contributed by atoms with E-state index in [1.54, 1.807) is 24.4 Å². The van der Waals surface area contributed by atoms with E-state index in [1.807, 2.05) is 24.3 Å². The molecular weight excluding hydrogens is 302 g/mol. The number of nitrogens with one attached hydrogen (secondary N) is 2. The third kappa shape index (κ3) is 5.18. The molecule has 0 aliphatic carbocycles. The van der Waals surface area contributed by atoms with Crippen molar-refractivity contribution in [1.82, 2.24) is 15.6 Å².